The molecule has 0 aromatic heterocycles. The summed E-state index contributed by atoms with van der Waals surface area (Å²) in [5, 5.41) is 9.88. The smallest absolute Gasteiger partial charge is 0.305 e. The van der Waals surface area contributed by atoms with Gasteiger partial charge < -0.3 is 28.3 Å². The predicted octanol–water partition coefficient (Wildman–Crippen LogP) is 11.3. The van der Waals surface area contributed by atoms with E-state index in [1.807, 2.05) is 21.1 Å². The highest BCUT2D eigenvalue weighted by atomic mass is 31.2. The molecule has 0 aromatic rings. The number of hydrogen-bond donors (Lipinski definition) is 1. The van der Waals surface area contributed by atoms with E-state index >= 15 is 0 Å². The number of carbonyl (C=O) groups is 1. The van der Waals surface area contributed by atoms with Crippen LogP contribution in [-0.4, -0.2) is 69.2 Å². The molecule has 0 aliphatic carbocycles. The van der Waals surface area contributed by atoms with Gasteiger partial charge >= 0.3 is 5.97 Å². The fourth-order valence-corrected chi connectivity index (χ4v) is 6.24. The number of nitrogens with zero attached hydrogens (tertiary/aromatic N) is 1. The van der Waals surface area contributed by atoms with Gasteiger partial charge in [-0.25, -0.2) is 0 Å². The first-order valence-corrected chi connectivity index (χ1v) is 22.5. The maximum absolute atomic E-state index is 11.9. The quantitative estimate of drug-likeness (QED) is 0.0219. The zero-order valence-corrected chi connectivity index (χ0v) is 35.3. The van der Waals surface area contributed by atoms with Gasteiger partial charge in [-0.05, 0) is 51.4 Å². The van der Waals surface area contributed by atoms with Crippen LogP contribution >= 0.6 is 7.82 Å². The number of aliphatic hydroxyl groups excluding tert-OH is 1. The van der Waals surface area contributed by atoms with E-state index in [1.165, 1.54) is 96.3 Å². The van der Waals surface area contributed by atoms with Gasteiger partial charge in [0.2, 0.25) is 0 Å². The Bertz CT molecular complexity index is 1030. The van der Waals surface area contributed by atoms with Crippen LogP contribution in [0.25, 0.3) is 0 Å². The molecular weight excluding hydrogens is 685 g/mol. The molecule has 2 atom stereocenters. The molecule has 0 aromatic carbocycles. The summed E-state index contributed by atoms with van der Waals surface area (Å²) in [6.45, 7) is 1.84. The van der Waals surface area contributed by atoms with Gasteiger partial charge in [-0.2, -0.15) is 0 Å². The molecule has 0 aliphatic heterocycles. The monoisotopic (exact) mass is 766 g/mol. The molecular formula is C44H80NO7P. The fourth-order valence-electron chi connectivity index (χ4n) is 5.50. The van der Waals surface area contributed by atoms with Crippen LogP contribution in [0.4, 0.5) is 0 Å². The summed E-state index contributed by atoms with van der Waals surface area (Å²) in [6.07, 6.45) is 49.7. The highest BCUT2D eigenvalue weighted by Crippen LogP contribution is 2.38. The third-order valence-electron chi connectivity index (χ3n) is 8.78. The summed E-state index contributed by atoms with van der Waals surface area (Å²) >= 11 is 0. The Labute approximate surface area is 326 Å². The molecule has 9 heteroatoms. The molecule has 1 N–H and O–H groups in total. The number of rotatable bonds is 38. The third kappa shape index (κ3) is 42.8. The van der Waals surface area contributed by atoms with E-state index in [-0.39, 0.29) is 19.2 Å². The second-order valence-corrected chi connectivity index (χ2v) is 16.6. The van der Waals surface area contributed by atoms with Crippen molar-refractivity contribution in [2.24, 2.45) is 0 Å². The summed E-state index contributed by atoms with van der Waals surface area (Å²) in [4.78, 5) is 23.7. The molecule has 0 rings (SSSR count). The van der Waals surface area contributed by atoms with Crippen LogP contribution in [0.2, 0.25) is 0 Å². The number of esters is 1. The summed E-state index contributed by atoms with van der Waals surface area (Å²) < 4.78 is 26.9. The number of carbonyl (C=O) groups excluding carboxylic acids is 1. The van der Waals surface area contributed by atoms with Crippen molar-refractivity contribution in [2.45, 2.75) is 167 Å². The number of phosphoric acid groups is 1. The highest BCUT2D eigenvalue weighted by Gasteiger charge is 2.16. The van der Waals surface area contributed by atoms with E-state index in [1.54, 1.807) is 0 Å². The Morgan fingerprint density at radius 3 is 1.43 bits per heavy atom. The van der Waals surface area contributed by atoms with Crippen LogP contribution in [0, 0.1) is 0 Å². The Balaban J connectivity index is 3.41. The average Bonchev–Trinajstić information content (AvgIpc) is 3.11. The van der Waals surface area contributed by atoms with Gasteiger partial charge in [0.05, 0.1) is 27.7 Å². The van der Waals surface area contributed by atoms with Crippen LogP contribution in [-0.2, 0) is 23.1 Å². The van der Waals surface area contributed by atoms with E-state index in [4.69, 9.17) is 13.8 Å². The molecule has 0 fully saturated rings. The maximum atomic E-state index is 11.9. The lowest BCUT2D eigenvalue weighted by Crippen LogP contribution is -2.37. The Morgan fingerprint density at radius 2 is 1.00 bits per heavy atom. The first-order valence-electron chi connectivity index (χ1n) is 21.0. The molecule has 0 saturated carbocycles. The minimum atomic E-state index is -4.50. The molecule has 0 heterocycles. The first-order chi connectivity index (χ1) is 25.6. The lowest BCUT2D eigenvalue weighted by Gasteiger charge is -2.27. The minimum absolute atomic E-state index is 0.00901. The molecule has 0 radical (unpaired) electrons. The summed E-state index contributed by atoms with van der Waals surface area (Å²) in [5.41, 5.74) is 0. The zero-order chi connectivity index (χ0) is 39.1. The van der Waals surface area contributed by atoms with Crippen LogP contribution in [0.5, 0.6) is 0 Å². The lowest BCUT2D eigenvalue weighted by atomic mass is 10.0. The number of likely N-dealkylation sites (N-methyl/N-ethyl adjacent to an activating group) is 1. The first kappa shape index (κ1) is 51.2. The Hall–Kier alpha value is -1.80. The normalized spacial score (nSPS) is 14.5. The van der Waals surface area contributed by atoms with Crippen LogP contribution < -0.4 is 4.89 Å². The molecule has 0 saturated heterocycles. The molecule has 0 spiro atoms. The third-order valence-corrected chi connectivity index (χ3v) is 9.75. The van der Waals surface area contributed by atoms with Crippen LogP contribution in [0.15, 0.2) is 60.8 Å². The van der Waals surface area contributed by atoms with E-state index < -0.39 is 20.5 Å². The minimum Gasteiger partial charge on any atom is -0.756 e. The van der Waals surface area contributed by atoms with Gasteiger partial charge in [0.25, 0.3) is 7.82 Å². The van der Waals surface area contributed by atoms with Crippen molar-refractivity contribution >= 4 is 13.8 Å². The van der Waals surface area contributed by atoms with Gasteiger partial charge in [0.15, 0.2) is 0 Å². The SMILES string of the molecule is CC/C=C\C/C=C\C/C=C\C/C=C\C/C=C\CCCCCCCCCCCCCCCCCCCC(=O)OCC(O)COP(=O)([O-])OCC[N+](C)(C)C. The molecule has 308 valence electrons. The second-order valence-electron chi connectivity index (χ2n) is 15.2. The largest absolute Gasteiger partial charge is 0.756 e. The van der Waals surface area contributed by atoms with Crippen molar-refractivity contribution in [3.63, 3.8) is 0 Å². The van der Waals surface area contributed by atoms with E-state index in [9.17, 15) is 19.4 Å². The standard InChI is InChI=1S/C44H80NO7P/c1-5-6-7-8-9-10-11-12-13-14-15-16-17-18-19-20-21-22-23-24-25-26-27-28-29-30-31-32-33-34-35-36-37-38-44(47)50-41-43(46)42-52-53(48,49)51-40-39-45(2,3)4/h6-7,9-10,12-13,15-16,18-19,43,46H,5,8,11,14,17,20-42H2,1-4H3/b7-6-,10-9-,13-12-,16-15-,19-18-. The molecule has 0 amide bonds. The number of quaternary nitrogens is 1. The highest BCUT2D eigenvalue weighted by molar-refractivity contribution is 7.45. The fraction of sp³-hybridized carbons (Fsp3) is 0.750. The molecule has 8 nitrogen and oxygen atoms in total. The van der Waals surface area contributed by atoms with Crippen molar-refractivity contribution in [1.29, 1.82) is 0 Å². The Kier molecular flexibility index (Phi) is 35.9. The van der Waals surface area contributed by atoms with Crippen LogP contribution in [0.1, 0.15) is 161 Å². The summed E-state index contributed by atoms with van der Waals surface area (Å²) in [7, 11) is 1.25. The molecule has 0 bridgehead atoms. The van der Waals surface area contributed by atoms with E-state index in [0.29, 0.717) is 17.4 Å². The molecule has 53 heavy (non-hydrogen) atoms. The summed E-state index contributed by atoms with van der Waals surface area (Å²) in [5.74, 6) is -0.387. The van der Waals surface area contributed by atoms with E-state index in [0.717, 1.165) is 51.4 Å². The lowest BCUT2D eigenvalue weighted by molar-refractivity contribution is -0.870. The summed E-state index contributed by atoms with van der Waals surface area (Å²) in [6, 6.07) is 0. The van der Waals surface area contributed by atoms with Crippen molar-refractivity contribution in [1.82, 2.24) is 0 Å². The topological polar surface area (TPSA) is 105 Å². The van der Waals surface area contributed by atoms with E-state index in [2.05, 4.69) is 67.7 Å². The van der Waals surface area contributed by atoms with Crippen molar-refractivity contribution < 1.29 is 37.6 Å². The second kappa shape index (κ2) is 37.1. The van der Waals surface area contributed by atoms with Crippen LogP contribution in [0.3, 0.4) is 0 Å². The number of phosphoric ester groups is 1. The number of unbranched alkanes of at least 4 members (excludes halogenated alkanes) is 17. The van der Waals surface area contributed by atoms with Gasteiger partial charge in [-0.3, -0.25) is 9.36 Å². The number of aliphatic hydroxyl groups is 1. The number of ether oxygens (including phenoxy) is 1. The zero-order valence-electron chi connectivity index (χ0n) is 34.4. The Morgan fingerprint density at radius 1 is 0.604 bits per heavy atom. The van der Waals surface area contributed by atoms with Crippen molar-refractivity contribution in [3.05, 3.63) is 60.8 Å². The van der Waals surface area contributed by atoms with Crippen molar-refractivity contribution in [3.8, 4) is 0 Å². The maximum Gasteiger partial charge on any atom is 0.305 e. The average molecular weight is 766 g/mol. The number of hydrogen-bond acceptors (Lipinski definition) is 7. The number of allylic oxidation sites excluding steroid dienone is 10. The van der Waals surface area contributed by atoms with Gasteiger partial charge in [0, 0.05) is 6.42 Å². The van der Waals surface area contributed by atoms with Gasteiger partial charge in [0.1, 0.15) is 25.9 Å². The van der Waals surface area contributed by atoms with Gasteiger partial charge in [-0.1, -0.05) is 164 Å². The van der Waals surface area contributed by atoms with Crippen molar-refractivity contribution in [2.75, 3.05) is 47.5 Å². The van der Waals surface area contributed by atoms with Gasteiger partial charge in [-0.15, -0.1) is 0 Å². The molecule has 0 aliphatic rings. The predicted molar refractivity (Wildman–Crippen MR) is 222 cm³/mol. The molecule has 2 unspecified atom stereocenters.